The topological polar surface area (TPSA) is 84.9 Å². The number of carbonyl (C=O) groups excluding carboxylic acids is 1. The zero-order valence-corrected chi connectivity index (χ0v) is 12.9. The summed E-state index contributed by atoms with van der Waals surface area (Å²) < 4.78 is 10.3. The molecule has 1 fully saturated rings. The summed E-state index contributed by atoms with van der Waals surface area (Å²) in [7, 11) is 1.50. The molecular weight excluding hydrogens is 310 g/mol. The molecule has 1 amide bonds. The highest BCUT2D eigenvalue weighted by Crippen LogP contribution is 2.25. The minimum atomic E-state index is -1.10. The zero-order chi connectivity index (χ0) is 16.1. The Balaban J connectivity index is 2.03. The number of carboxylic acids is 1. The molecule has 1 aliphatic heterocycles. The van der Waals surface area contributed by atoms with Crippen molar-refractivity contribution in [1.82, 2.24) is 5.32 Å². The van der Waals surface area contributed by atoms with Crippen molar-refractivity contribution in [3.05, 3.63) is 28.8 Å². The van der Waals surface area contributed by atoms with Crippen LogP contribution in [0.5, 0.6) is 5.75 Å². The number of carbonyl (C=O) groups is 2. The minimum Gasteiger partial charge on any atom is -0.495 e. The molecule has 1 heterocycles. The van der Waals surface area contributed by atoms with Gasteiger partial charge in [-0.2, -0.15) is 0 Å². The van der Waals surface area contributed by atoms with Crippen LogP contribution in [-0.4, -0.2) is 42.8 Å². The summed E-state index contributed by atoms with van der Waals surface area (Å²) >= 11 is 6.02. The van der Waals surface area contributed by atoms with Crippen LogP contribution in [0.4, 0.5) is 0 Å². The molecule has 0 bridgehead atoms. The van der Waals surface area contributed by atoms with Crippen LogP contribution in [-0.2, 0) is 20.7 Å². The van der Waals surface area contributed by atoms with Crippen LogP contribution in [0.15, 0.2) is 18.2 Å². The molecule has 0 aromatic heterocycles. The maximum absolute atomic E-state index is 12.0. The third kappa shape index (κ3) is 4.11. The van der Waals surface area contributed by atoms with Gasteiger partial charge in [0.2, 0.25) is 5.91 Å². The van der Waals surface area contributed by atoms with Gasteiger partial charge in [-0.15, -0.1) is 0 Å². The van der Waals surface area contributed by atoms with Gasteiger partial charge in [0.05, 0.1) is 12.1 Å². The van der Waals surface area contributed by atoms with Crippen molar-refractivity contribution < 1.29 is 24.2 Å². The number of rotatable bonds is 6. The van der Waals surface area contributed by atoms with E-state index in [0.717, 1.165) is 6.42 Å². The van der Waals surface area contributed by atoms with Gasteiger partial charge in [0.15, 0.2) is 0 Å². The fourth-order valence-corrected chi connectivity index (χ4v) is 2.60. The second-order valence-corrected chi connectivity index (χ2v) is 5.48. The second-order valence-electron chi connectivity index (χ2n) is 5.07. The first kappa shape index (κ1) is 16.6. The third-order valence-corrected chi connectivity index (χ3v) is 3.79. The number of aliphatic carboxylic acids is 1. The number of nitrogens with one attached hydrogen (secondary N) is 1. The van der Waals surface area contributed by atoms with Gasteiger partial charge >= 0.3 is 5.97 Å². The van der Waals surface area contributed by atoms with E-state index in [1.807, 2.05) is 0 Å². The van der Waals surface area contributed by atoms with E-state index in [1.54, 1.807) is 18.2 Å². The van der Waals surface area contributed by atoms with Crippen LogP contribution >= 0.6 is 11.6 Å². The Morgan fingerprint density at radius 2 is 2.32 bits per heavy atom. The SMILES string of the molecule is COc1ccc(C[C@H](NC(=O)[C@@H]2CCCO2)C(=O)O)cc1Cl. The summed E-state index contributed by atoms with van der Waals surface area (Å²) in [5, 5.41) is 12.2. The van der Waals surface area contributed by atoms with E-state index < -0.39 is 18.1 Å². The predicted molar refractivity (Wildman–Crippen MR) is 80.2 cm³/mol. The van der Waals surface area contributed by atoms with E-state index >= 15 is 0 Å². The molecule has 7 heteroatoms. The number of hydrogen-bond acceptors (Lipinski definition) is 4. The first-order valence-corrected chi connectivity index (χ1v) is 7.36. The van der Waals surface area contributed by atoms with E-state index in [-0.39, 0.29) is 12.3 Å². The summed E-state index contributed by atoms with van der Waals surface area (Å²) in [6, 6.07) is 3.99. The Hall–Kier alpha value is -1.79. The quantitative estimate of drug-likeness (QED) is 0.829. The molecule has 0 unspecified atom stereocenters. The van der Waals surface area contributed by atoms with Gasteiger partial charge in [0, 0.05) is 13.0 Å². The van der Waals surface area contributed by atoms with Crippen LogP contribution in [0, 0.1) is 0 Å². The standard InChI is InChI=1S/C15H18ClNO5/c1-21-12-5-4-9(7-10(12)16)8-11(15(19)20)17-14(18)13-3-2-6-22-13/h4-5,7,11,13H,2-3,6,8H2,1H3,(H,17,18)(H,19,20)/t11-,13-/m0/s1. The highest BCUT2D eigenvalue weighted by atomic mass is 35.5. The third-order valence-electron chi connectivity index (χ3n) is 3.49. The zero-order valence-electron chi connectivity index (χ0n) is 12.2. The molecule has 1 aromatic carbocycles. The molecule has 1 saturated heterocycles. The lowest BCUT2D eigenvalue weighted by Gasteiger charge is -2.17. The largest absolute Gasteiger partial charge is 0.495 e. The van der Waals surface area contributed by atoms with Crippen molar-refractivity contribution >= 4 is 23.5 Å². The first-order chi connectivity index (χ1) is 10.5. The van der Waals surface area contributed by atoms with Gasteiger partial charge in [-0.1, -0.05) is 17.7 Å². The molecule has 0 radical (unpaired) electrons. The van der Waals surface area contributed by atoms with Crippen LogP contribution in [0.3, 0.4) is 0 Å². The average molecular weight is 328 g/mol. The fraction of sp³-hybridized carbons (Fsp3) is 0.467. The highest BCUT2D eigenvalue weighted by molar-refractivity contribution is 6.32. The van der Waals surface area contributed by atoms with Gasteiger partial charge in [0.1, 0.15) is 17.9 Å². The number of hydrogen-bond donors (Lipinski definition) is 2. The smallest absolute Gasteiger partial charge is 0.326 e. The lowest BCUT2D eigenvalue weighted by molar-refractivity contribution is -0.143. The van der Waals surface area contributed by atoms with Gasteiger partial charge in [-0.25, -0.2) is 4.79 Å². The van der Waals surface area contributed by atoms with Crippen LogP contribution < -0.4 is 10.1 Å². The van der Waals surface area contributed by atoms with Gasteiger partial charge in [-0.05, 0) is 30.5 Å². The van der Waals surface area contributed by atoms with Crippen molar-refractivity contribution in [2.45, 2.75) is 31.4 Å². The van der Waals surface area contributed by atoms with Crippen molar-refractivity contribution in [2.24, 2.45) is 0 Å². The predicted octanol–water partition coefficient (Wildman–Crippen LogP) is 1.64. The van der Waals surface area contributed by atoms with Crippen molar-refractivity contribution in [1.29, 1.82) is 0 Å². The molecule has 2 N–H and O–H groups in total. The highest BCUT2D eigenvalue weighted by Gasteiger charge is 2.28. The number of amides is 1. The normalized spacial score (nSPS) is 18.7. The summed E-state index contributed by atoms with van der Waals surface area (Å²) in [6.45, 7) is 0.532. The van der Waals surface area contributed by atoms with Crippen LogP contribution in [0.1, 0.15) is 18.4 Å². The van der Waals surface area contributed by atoms with Crippen LogP contribution in [0.2, 0.25) is 5.02 Å². The molecule has 1 aliphatic rings. The maximum atomic E-state index is 12.0. The minimum absolute atomic E-state index is 0.136. The van der Waals surface area contributed by atoms with Crippen molar-refractivity contribution in [2.75, 3.05) is 13.7 Å². The van der Waals surface area contributed by atoms with E-state index in [2.05, 4.69) is 5.32 Å². The van der Waals surface area contributed by atoms with Crippen molar-refractivity contribution in [3.8, 4) is 5.75 Å². The summed E-state index contributed by atoms with van der Waals surface area (Å²) in [5.74, 6) is -0.969. The van der Waals surface area contributed by atoms with Crippen LogP contribution in [0.25, 0.3) is 0 Å². The molecular formula is C15H18ClNO5. The number of ether oxygens (including phenoxy) is 2. The van der Waals surface area contributed by atoms with Gasteiger partial charge in [0.25, 0.3) is 0 Å². The molecule has 22 heavy (non-hydrogen) atoms. The lowest BCUT2D eigenvalue weighted by atomic mass is 10.1. The fourth-order valence-electron chi connectivity index (χ4n) is 2.32. The van der Waals surface area contributed by atoms with E-state index in [9.17, 15) is 14.7 Å². The molecule has 1 aromatic rings. The number of carboxylic acid groups (broad SMARTS) is 1. The van der Waals surface area contributed by atoms with Gasteiger partial charge in [-0.3, -0.25) is 4.79 Å². The van der Waals surface area contributed by atoms with E-state index in [4.69, 9.17) is 21.1 Å². The lowest BCUT2D eigenvalue weighted by Crippen LogP contribution is -2.46. The number of halogens is 1. The van der Waals surface area contributed by atoms with Crippen molar-refractivity contribution in [3.63, 3.8) is 0 Å². The van der Waals surface area contributed by atoms with E-state index in [1.165, 1.54) is 7.11 Å². The molecule has 120 valence electrons. The molecule has 2 rings (SSSR count). The Kier molecular flexibility index (Phi) is 5.63. The average Bonchev–Trinajstić information content (AvgIpc) is 3.01. The summed E-state index contributed by atoms with van der Waals surface area (Å²) in [4.78, 5) is 23.3. The monoisotopic (exact) mass is 327 g/mol. The number of methoxy groups -OCH3 is 1. The molecule has 0 aliphatic carbocycles. The van der Waals surface area contributed by atoms with E-state index in [0.29, 0.717) is 29.4 Å². The Morgan fingerprint density at radius 3 is 2.86 bits per heavy atom. The first-order valence-electron chi connectivity index (χ1n) is 6.98. The molecule has 2 atom stereocenters. The molecule has 0 spiro atoms. The Bertz CT molecular complexity index is 557. The summed E-state index contributed by atoms with van der Waals surface area (Å²) in [6.07, 6.45) is 1.01. The second kappa shape index (κ2) is 7.47. The Morgan fingerprint density at radius 1 is 1.55 bits per heavy atom. The molecule has 0 saturated carbocycles. The van der Waals surface area contributed by atoms with Gasteiger partial charge < -0.3 is 19.9 Å². The molecule has 6 nitrogen and oxygen atoms in total. The maximum Gasteiger partial charge on any atom is 0.326 e. The Labute approximate surface area is 133 Å². The number of benzene rings is 1. The summed E-state index contributed by atoms with van der Waals surface area (Å²) in [5.41, 5.74) is 0.700.